The van der Waals surface area contributed by atoms with Gasteiger partial charge in [0.25, 0.3) is 5.91 Å². The molecule has 1 N–H and O–H groups in total. The molecule has 1 aliphatic heterocycles. The van der Waals surface area contributed by atoms with Crippen LogP contribution in [0.15, 0.2) is 99.8 Å². The highest BCUT2D eigenvalue weighted by Crippen LogP contribution is 2.26. The van der Waals surface area contributed by atoms with E-state index >= 15 is 0 Å². The Kier molecular flexibility index (Phi) is 8.89. The number of nitrogens with one attached hydrogen (secondary N) is 1. The number of rotatable bonds is 8. The molecule has 1 fully saturated rings. The summed E-state index contributed by atoms with van der Waals surface area (Å²) in [4.78, 5) is 13.7. The molecule has 10 nitrogen and oxygen atoms in total. The van der Waals surface area contributed by atoms with Gasteiger partial charge < -0.3 is 4.57 Å². The van der Waals surface area contributed by atoms with Crippen LogP contribution in [0.2, 0.25) is 0 Å². The third-order valence-corrected chi connectivity index (χ3v) is 11.7. The topological polar surface area (TPSA) is 121 Å². The molecule has 3 aromatic carbocycles. The molecule has 230 valence electrons. The standard InChI is InChI=1S/C32H35N5O5S2/c1-23-15-16-28(19-24(23)2)37-25(3)20-27(26(37)4)21-33-34-32(38)31-22-35(43(39,40)29-11-7-5-8-12-29)17-18-36(31)44(41,42)30-13-9-6-10-14-30/h5-16,19-21,31H,17-18,22H2,1-4H3,(H,34,38)/b33-21-/t31-/m1/s1. The number of nitrogens with zero attached hydrogens (tertiary/aromatic N) is 4. The molecule has 0 spiro atoms. The van der Waals surface area contributed by atoms with Gasteiger partial charge in [0.05, 0.1) is 16.0 Å². The number of carbonyl (C=O) groups is 1. The monoisotopic (exact) mass is 633 g/mol. The van der Waals surface area contributed by atoms with Crippen molar-refractivity contribution in [2.24, 2.45) is 5.10 Å². The second kappa shape index (κ2) is 12.5. The van der Waals surface area contributed by atoms with Crippen LogP contribution in [0.25, 0.3) is 5.69 Å². The molecule has 0 saturated carbocycles. The van der Waals surface area contributed by atoms with Crippen LogP contribution in [0.3, 0.4) is 0 Å². The SMILES string of the molecule is Cc1ccc(-n2c(C)cc(/C=N\NC(=O)[C@H]3CN(S(=O)(=O)c4ccccc4)CCN3S(=O)(=O)c3ccccc3)c2C)cc1C. The van der Waals surface area contributed by atoms with E-state index in [1.807, 2.05) is 26.0 Å². The van der Waals surface area contributed by atoms with Gasteiger partial charge in [0.15, 0.2) is 0 Å². The fourth-order valence-corrected chi connectivity index (χ4v) is 8.40. The summed E-state index contributed by atoms with van der Waals surface area (Å²) in [6.07, 6.45) is 1.51. The van der Waals surface area contributed by atoms with E-state index < -0.39 is 32.0 Å². The fourth-order valence-electron chi connectivity index (χ4n) is 5.35. The van der Waals surface area contributed by atoms with Crippen molar-refractivity contribution in [3.63, 3.8) is 0 Å². The smallest absolute Gasteiger partial charge is 0.259 e. The highest BCUT2D eigenvalue weighted by Gasteiger charge is 2.43. The summed E-state index contributed by atoms with van der Waals surface area (Å²) in [5, 5.41) is 4.16. The molecule has 0 radical (unpaired) electrons. The Labute approximate surface area is 258 Å². The van der Waals surface area contributed by atoms with Crippen molar-refractivity contribution >= 4 is 32.2 Å². The Bertz CT molecular complexity index is 1920. The second-order valence-corrected chi connectivity index (χ2v) is 14.6. The Hall–Kier alpha value is -4.10. The van der Waals surface area contributed by atoms with Crippen LogP contribution in [0, 0.1) is 27.7 Å². The molecule has 1 aliphatic rings. The van der Waals surface area contributed by atoms with Crippen LogP contribution in [-0.4, -0.2) is 67.8 Å². The lowest BCUT2D eigenvalue weighted by molar-refractivity contribution is -0.125. The Morgan fingerprint density at radius 1 is 0.795 bits per heavy atom. The third-order valence-electron chi connectivity index (χ3n) is 7.92. The van der Waals surface area contributed by atoms with Crippen LogP contribution in [0.4, 0.5) is 0 Å². The zero-order chi connectivity index (χ0) is 31.6. The molecule has 0 bridgehead atoms. The zero-order valence-corrected chi connectivity index (χ0v) is 26.6. The first-order chi connectivity index (χ1) is 20.9. The van der Waals surface area contributed by atoms with Crippen LogP contribution in [0.5, 0.6) is 0 Å². The van der Waals surface area contributed by atoms with Gasteiger partial charge in [-0.05, 0) is 81.3 Å². The van der Waals surface area contributed by atoms with Crippen LogP contribution in [-0.2, 0) is 24.8 Å². The number of hydrogen-bond acceptors (Lipinski definition) is 6. The molecule has 5 rings (SSSR count). The van der Waals surface area contributed by atoms with E-state index in [1.54, 1.807) is 36.4 Å². The second-order valence-electron chi connectivity index (χ2n) is 10.8. The number of carbonyl (C=O) groups excluding carboxylic acids is 1. The van der Waals surface area contributed by atoms with Crippen LogP contribution in [0.1, 0.15) is 28.1 Å². The van der Waals surface area contributed by atoms with Gasteiger partial charge in [0, 0.05) is 42.3 Å². The molecule has 2 heterocycles. The van der Waals surface area contributed by atoms with E-state index in [0.717, 1.165) is 31.2 Å². The lowest BCUT2D eigenvalue weighted by Crippen LogP contribution is -2.60. The minimum atomic E-state index is -4.12. The normalized spacial score (nSPS) is 16.8. The summed E-state index contributed by atoms with van der Waals surface area (Å²) in [6, 6.07) is 22.4. The molecule has 4 aromatic rings. The van der Waals surface area contributed by atoms with Crippen molar-refractivity contribution in [3.05, 3.63) is 113 Å². The average Bonchev–Trinajstić information content (AvgIpc) is 3.31. The number of aryl methyl sites for hydroxylation is 3. The van der Waals surface area contributed by atoms with Gasteiger partial charge in [0.2, 0.25) is 20.0 Å². The molecular weight excluding hydrogens is 599 g/mol. The van der Waals surface area contributed by atoms with Gasteiger partial charge in [-0.15, -0.1) is 0 Å². The lowest BCUT2D eigenvalue weighted by atomic mass is 10.1. The maximum Gasteiger partial charge on any atom is 0.259 e. The third kappa shape index (κ3) is 6.11. The quantitative estimate of drug-likeness (QED) is 0.233. The number of sulfonamides is 2. The predicted molar refractivity (Wildman–Crippen MR) is 170 cm³/mol. The molecule has 1 atom stereocenters. The van der Waals surface area contributed by atoms with E-state index in [4.69, 9.17) is 0 Å². The maximum absolute atomic E-state index is 13.6. The van der Waals surface area contributed by atoms with Crippen molar-refractivity contribution in [2.45, 2.75) is 43.5 Å². The van der Waals surface area contributed by atoms with Gasteiger partial charge in [-0.3, -0.25) is 4.79 Å². The highest BCUT2D eigenvalue weighted by atomic mass is 32.2. The first-order valence-corrected chi connectivity index (χ1v) is 17.0. The van der Waals surface area contributed by atoms with Gasteiger partial charge in [-0.25, -0.2) is 22.3 Å². The van der Waals surface area contributed by atoms with Gasteiger partial charge >= 0.3 is 0 Å². The Balaban J connectivity index is 1.42. The highest BCUT2D eigenvalue weighted by molar-refractivity contribution is 7.89. The molecule has 0 unspecified atom stereocenters. The predicted octanol–water partition coefficient (Wildman–Crippen LogP) is 3.93. The number of piperazine rings is 1. The summed E-state index contributed by atoms with van der Waals surface area (Å²) in [5.74, 6) is -0.739. The van der Waals surface area contributed by atoms with Crippen molar-refractivity contribution in [1.82, 2.24) is 18.6 Å². The van der Waals surface area contributed by atoms with E-state index in [0.29, 0.717) is 0 Å². The van der Waals surface area contributed by atoms with Gasteiger partial charge in [-0.2, -0.15) is 13.7 Å². The summed E-state index contributed by atoms with van der Waals surface area (Å²) in [7, 11) is -8.09. The first-order valence-electron chi connectivity index (χ1n) is 14.1. The van der Waals surface area contributed by atoms with Crippen LogP contribution >= 0.6 is 0 Å². The van der Waals surface area contributed by atoms with E-state index in [9.17, 15) is 21.6 Å². The summed E-state index contributed by atoms with van der Waals surface area (Å²) in [6.45, 7) is 7.37. The average molecular weight is 634 g/mol. The summed E-state index contributed by atoms with van der Waals surface area (Å²) in [5.41, 5.74) is 8.51. The lowest BCUT2D eigenvalue weighted by Gasteiger charge is -2.38. The van der Waals surface area contributed by atoms with Crippen molar-refractivity contribution < 1.29 is 21.6 Å². The van der Waals surface area contributed by atoms with E-state index in [1.165, 1.54) is 41.6 Å². The Morgan fingerprint density at radius 2 is 1.41 bits per heavy atom. The maximum atomic E-state index is 13.6. The zero-order valence-electron chi connectivity index (χ0n) is 25.0. The van der Waals surface area contributed by atoms with Crippen molar-refractivity contribution in [2.75, 3.05) is 19.6 Å². The molecule has 1 aromatic heterocycles. The number of hydrazone groups is 1. The largest absolute Gasteiger partial charge is 0.318 e. The molecule has 12 heteroatoms. The van der Waals surface area contributed by atoms with Crippen molar-refractivity contribution in [3.8, 4) is 5.69 Å². The first kappa shape index (κ1) is 31.3. The number of benzene rings is 3. The van der Waals surface area contributed by atoms with Gasteiger partial charge in [-0.1, -0.05) is 42.5 Å². The van der Waals surface area contributed by atoms with Crippen molar-refractivity contribution in [1.29, 1.82) is 0 Å². The molecule has 1 amide bonds. The number of amides is 1. The molecule has 44 heavy (non-hydrogen) atoms. The van der Waals surface area contributed by atoms with Crippen LogP contribution < -0.4 is 5.43 Å². The molecule has 0 aliphatic carbocycles. The number of aromatic nitrogens is 1. The Morgan fingerprint density at radius 3 is 2.02 bits per heavy atom. The minimum Gasteiger partial charge on any atom is -0.318 e. The number of hydrogen-bond donors (Lipinski definition) is 1. The fraction of sp³-hybridized carbons (Fsp3) is 0.250. The van der Waals surface area contributed by atoms with Gasteiger partial charge in [0.1, 0.15) is 6.04 Å². The minimum absolute atomic E-state index is 0.0134. The van der Waals surface area contributed by atoms with E-state index in [-0.39, 0.29) is 29.4 Å². The summed E-state index contributed by atoms with van der Waals surface area (Å²) >= 11 is 0. The molecular formula is C32H35N5O5S2. The van der Waals surface area contributed by atoms with E-state index in [2.05, 4.69) is 41.1 Å². The molecule has 1 saturated heterocycles. The summed E-state index contributed by atoms with van der Waals surface area (Å²) < 4.78 is 58.3.